The van der Waals surface area contributed by atoms with E-state index in [-0.39, 0.29) is 11.9 Å². The molecule has 0 bridgehead atoms. The summed E-state index contributed by atoms with van der Waals surface area (Å²) in [6.45, 7) is 18.5. The van der Waals surface area contributed by atoms with E-state index in [4.69, 9.17) is 13.6 Å². The van der Waals surface area contributed by atoms with Gasteiger partial charge in [-0.05, 0) is 50.6 Å². The Morgan fingerprint density at radius 2 is 1.46 bits per heavy atom. The SMILES string of the molecule is CCCO[Si](CCCOC(=O)C(C)(C)C(C)C)(OCCC)C(C)C. The molecule has 0 amide bonds. The predicted octanol–water partition coefficient (Wildman–Crippen LogP) is 5.31. The Bertz CT molecular complexity index is 345. The van der Waals surface area contributed by atoms with Gasteiger partial charge in [-0.25, -0.2) is 0 Å². The van der Waals surface area contributed by atoms with Crippen molar-refractivity contribution < 1.29 is 18.4 Å². The minimum atomic E-state index is -2.25. The second-order valence-electron chi connectivity index (χ2n) is 7.78. The summed E-state index contributed by atoms with van der Waals surface area (Å²) < 4.78 is 18.0. The highest BCUT2D eigenvalue weighted by atomic mass is 28.4. The average molecular weight is 361 g/mol. The van der Waals surface area contributed by atoms with Crippen LogP contribution in [0, 0.1) is 11.3 Å². The molecule has 0 atom stereocenters. The van der Waals surface area contributed by atoms with Gasteiger partial charge in [0.05, 0.1) is 12.0 Å². The predicted molar refractivity (Wildman–Crippen MR) is 102 cm³/mol. The van der Waals surface area contributed by atoms with Crippen LogP contribution in [-0.4, -0.2) is 34.4 Å². The molecule has 5 heteroatoms. The number of carbonyl (C=O) groups is 1. The molecule has 0 fully saturated rings. The van der Waals surface area contributed by atoms with Crippen molar-refractivity contribution >= 4 is 14.5 Å². The third kappa shape index (κ3) is 7.24. The Labute approximate surface area is 150 Å². The molecule has 0 N–H and O–H groups in total. The normalized spacial score (nSPS) is 12.9. The topological polar surface area (TPSA) is 44.8 Å². The summed E-state index contributed by atoms with van der Waals surface area (Å²) in [5.74, 6) is 0.146. The van der Waals surface area contributed by atoms with E-state index in [1.165, 1.54) is 0 Å². The van der Waals surface area contributed by atoms with Crippen LogP contribution in [0.25, 0.3) is 0 Å². The van der Waals surface area contributed by atoms with E-state index in [0.29, 0.717) is 12.1 Å². The van der Waals surface area contributed by atoms with E-state index in [1.54, 1.807) is 0 Å². The second-order valence-corrected chi connectivity index (χ2v) is 11.6. The van der Waals surface area contributed by atoms with E-state index in [1.807, 2.05) is 13.8 Å². The van der Waals surface area contributed by atoms with E-state index in [0.717, 1.165) is 38.5 Å². The zero-order valence-electron chi connectivity index (χ0n) is 17.2. The van der Waals surface area contributed by atoms with E-state index in [2.05, 4.69) is 41.5 Å². The molecule has 0 aliphatic heterocycles. The second kappa shape index (κ2) is 11.3. The number of carbonyl (C=O) groups excluding carboxylic acids is 1. The minimum Gasteiger partial charge on any atom is -0.465 e. The molecule has 0 aromatic carbocycles. The van der Waals surface area contributed by atoms with Gasteiger partial charge in [-0.3, -0.25) is 4.79 Å². The minimum absolute atomic E-state index is 0.113. The standard InChI is InChI=1S/C19H40O4Si/c1-9-12-22-24(17(5)6,23-13-10-2)15-11-14-21-18(20)19(7,8)16(3)4/h16-17H,9-15H2,1-8H3. The third-order valence-corrected chi connectivity index (χ3v) is 9.05. The summed E-state index contributed by atoms with van der Waals surface area (Å²) in [6, 6.07) is 0.875. The molecular weight excluding hydrogens is 320 g/mol. The Kier molecular flexibility index (Phi) is 11.1. The van der Waals surface area contributed by atoms with Crippen molar-refractivity contribution in [3.63, 3.8) is 0 Å². The molecule has 4 nitrogen and oxygen atoms in total. The van der Waals surface area contributed by atoms with Crippen LogP contribution in [-0.2, 0) is 18.4 Å². The highest BCUT2D eigenvalue weighted by Gasteiger charge is 2.41. The Morgan fingerprint density at radius 3 is 1.83 bits per heavy atom. The Balaban J connectivity index is 4.63. The van der Waals surface area contributed by atoms with Gasteiger partial charge >= 0.3 is 14.5 Å². The summed E-state index contributed by atoms with van der Waals surface area (Å²) >= 11 is 0. The van der Waals surface area contributed by atoms with E-state index < -0.39 is 14.0 Å². The van der Waals surface area contributed by atoms with Crippen molar-refractivity contribution in [2.45, 2.75) is 86.2 Å². The monoisotopic (exact) mass is 360 g/mol. The van der Waals surface area contributed by atoms with Crippen molar-refractivity contribution in [2.75, 3.05) is 19.8 Å². The fraction of sp³-hybridized carbons (Fsp3) is 0.947. The third-order valence-electron chi connectivity index (χ3n) is 4.85. The first-order valence-electron chi connectivity index (χ1n) is 9.59. The van der Waals surface area contributed by atoms with Crippen LogP contribution in [0.15, 0.2) is 0 Å². The highest BCUT2D eigenvalue weighted by molar-refractivity contribution is 6.68. The molecule has 0 aliphatic carbocycles. The van der Waals surface area contributed by atoms with Gasteiger partial charge in [-0.2, -0.15) is 0 Å². The van der Waals surface area contributed by atoms with Crippen LogP contribution in [0.3, 0.4) is 0 Å². The maximum absolute atomic E-state index is 12.2. The summed E-state index contributed by atoms with van der Waals surface area (Å²) in [5.41, 5.74) is -0.0531. The van der Waals surface area contributed by atoms with Crippen LogP contribution in [0.2, 0.25) is 11.6 Å². The lowest BCUT2D eigenvalue weighted by Crippen LogP contribution is -2.46. The van der Waals surface area contributed by atoms with E-state index in [9.17, 15) is 4.79 Å². The summed E-state index contributed by atoms with van der Waals surface area (Å²) in [7, 11) is -2.25. The molecule has 0 saturated heterocycles. The van der Waals surface area contributed by atoms with Gasteiger partial charge in [-0.15, -0.1) is 0 Å². The van der Waals surface area contributed by atoms with Crippen LogP contribution in [0.1, 0.15) is 74.7 Å². The molecule has 0 unspecified atom stereocenters. The molecule has 0 saturated carbocycles. The van der Waals surface area contributed by atoms with Crippen molar-refractivity contribution in [3.8, 4) is 0 Å². The molecule has 0 heterocycles. The van der Waals surface area contributed by atoms with Gasteiger partial charge in [0.2, 0.25) is 0 Å². The Morgan fingerprint density at radius 1 is 0.958 bits per heavy atom. The smallest absolute Gasteiger partial charge is 0.340 e. The quantitative estimate of drug-likeness (QED) is 0.254. The number of hydrogen-bond donors (Lipinski definition) is 0. The lowest BCUT2D eigenvalue weighted by atomic mass is 9.81. The first kappa shape index (κ1) is 23.6. The first-order valence-corrected chi connectivity index (χ1v) is 11.7. The van der Waals surface area contributed by atoms with Gasteiger partial charge in [-0.1, -0.05) is 41.5 Å². The lowest BCUT2D eigenvalue weighted by molar-refractivity contribution is -0.156. The molecule has 0 aromatic heterocycles. The van der Waals surface area contributed by atoms with Gasteiger partial charge in [0.25, 0.3) is 0 Å². The summed E-state index contributed by atoms with van der Waals surface area (Å²) in [4.78, 5) is 12.2. The number of esters is 1. The highest BCUT2D eigenvalue weighted by Crippen LogP contribution is 2.31. The molecular formula is C19H40O4Si. The zero-order valence-corrected chi connectivity index (χ0v) is 18.2. The largest absolute Gasteiger partial charge is 0.465 e. The molecule has 24 heavy (non-hydrogen) atoms. The van der Waals surface area contributed by atoms with Crippen molar-refractivity contribution in [1.29, 1.82) is 0 Å². The first-order chi connectivity index (χ1) is 11.1. The van der Waals surface area contributed by atoms with Crippen molar-refractivity contribution in [3.05, 3.63) is 0 Å². The van der Waals surface area contributed by atoms with Gasteiger partial charge in [0, 0.05) is 13.2 Å². The average Bonchev–Trinajstić information content (AvgIpc) is 2.52. The zero-order chi connectivity index (χ0) is 18.8. The van der Waals surface area contributed by atoms with Crippen LogP contribution < -0.4 is 0 Å². The van der Waals surface area contributed by atoms with Crippen molar-refractivity contribution in [2.24, 2.45) is 11.3 Å². The lowest BCUT2D eigenvalue weighted by Gasteiger charge is -2.34. The number of hydrogen-bond acceptors (Lipinski definition) is 4. The molecule has 0 spiro atoms. The fourth-order valence-corrected chi connectivity index (χ4v) is 5.62. The van der Waals surface area contributed by atoms with Crippen LogP contribution >= 0.6 is 0 Å². The summed E-state index contributed by atoms with van der Waals surface area (Å²) in [5, 5.41) is 0. The summed E-state index contributed by atoms with van der Waals surface area (Å²) in [6.07, 6.45) is 2.79. The van der Waals surface area contributed by atoms with Crippen LogP contribution in [0.4, 0.5) is 0 Å². The fourth-order valence-electron chi connectivity index (χ4n) is 2.26. The Hall–Kier alpha value is -0.393. The number of ether oxygens (including phenoxy) is 1. The van der Waals surface area contributed by atoms with Crippen molar-refractivity contribution in [1.82, 2.24) is 0 Å². The number of rotatable bonds is 13. The van der Waals surface area contributed by atoms with Gasteiger partial charge in [0.15, 0.2) is 0 Å². The maximum atomic E-state index is 12.2. The van der Waals surface area contributed by atoms with Crippen LogP contribution in [0.5, 0.6) is 0 Å². The van der Waals surface area contributed by atoms with Gasteiger partial charge in [0.1, 0.15) is 0 Å². The van der Waals surface area contributed by atoms with Gasteiger partial charge < -0.3 is 13.6 Å². The molecule has 0 aromatic rings. The molecule has 0 rings (SSSR count). The molecule has 0 aliphatic rings. The van der Waals surface area contributed by atoms with E-state index >= 15 is 0 Å². The maximum Gasteiger partial charge on any atom is 0.340 e. The molecule has 0 radical (unpaired) electrons. The molecule has 144 valence electrons.